The van der Waals surface area contributed by atoms with E-state index in [0.29, 0.717) is 16.2 Å². The van der Waals surface area contributed by atoms with E-state index in [1.807, 2.05) is 93.0 Å². The lowest BCUT2D eigenvalue weighted by molar-refractivity contribution is -0.577. The highest BCUT2D eigenvalue weighted by Crippen LogP contribution is 2.25. The van der Waals surface area contributed by atoms with Crippen molar-refractivity contribution in [2.75, 3.05) is 5.32 Å². The number of rotatable bonds is 4. The first-order valence-corrected chi connectivity index (χ1v) is 10.2. The summed E-state index contributed by atoms with van der Waals surface area (Å²) in [5, 5.41) is 19.0. The number of hydrogen-bond acceptors (Lipinski definition) is 2. The normalized spacial score (nSPS) is 11.8. The van der Waals surface area contributed by atoms with E-state index in [-0.39, 0.29) is 5.76 Å². The van der Waals surface area contributed by atoms with Gasteiger partial charge in [-0.1, -0.05) is 72.9 Å². The number of benzene rings is 3. The summed E-state index contributed by atoms with van der Waals surface area (Å²) >= 11 is 5.75. The molecule has 0 aliphatic carbocycles. The number of nitrogens with zero attached hydrogens (tertiary/aromatic N) is 1. The molecule has 0 bridgehead atoms. The third kappa shape index (κ3) is 3.95. The number of thiocarbonyl (C=S) groups is 1. The van der Waals surface area contributed by atoms with Crippen LogP contribution in [0.2, 0.25) is 0 Å². The molecule has 0 aliphatic rings. The molecule has 148 valence electrons. The summed E-state index contributed by atoms with van der Waals surface area (Å²) in [6.07, 6.45) is 3.68. The van der Waals surface area contributed by atoms with E-state index in [9.17, 15) is 5.11 Å². The van der Waals surface area contributed by atoms with Gasteiger partial charge < -0.3 is 10.4 Å². The van der Waals surface area contributed by atoms with Gasteiger partial charge in [0.15, 0.2) is 17.4 Å². The van der Waals surface area contributed by atoms with E-state index in [1.54, 1.807) is 4.57 Å². The maximum atomic E-state index is 13.5. The lowest BCUT2D eigenvalue weighted by Crippen LogP contribution is -2.39. The van der Waals surface area contributed by atoms with E-state index in [0.717, 1.165) is 27.6 Å². The summed E-state index contributed by atoms with van der Waals surface area (Å²) in [4.78, 5) is 0.380. The minimum atomic E-state index is -0.118. The predicted molar refractivity (Wildman–Crippen MR) is 126 cm³/mol. The van der Waals surface area contributed by atoms with Crippen LogP contribution >= 0.6 is 12.2 Å². The maximum absolute atomic E-state index is 13.5. The molecule has 0 saturated heterocycles. The Morgan fingerprint density at radius 1 is 0.833 bits per heavy atom. The minimum absolute atomic E-state index is 0.118. The predicted octanol–water partition coefficient (Wildman–Crippen LogP) is 4.87. The van der Waals surface area contributed by atoms with E-state index < -0.39 is 0 Å². The van der Waals surface area contributed by atoms with Gasteiger partial charge in [-0.25, -0.2) is 0 Å². The van der Waals surface area contributed by atoms with Gasteiger partial charge in [0.2, 0.25) is 5.70 Å². The van der Waals surface area contributed by atoms with Gasteiger partial charge in [-0.05, 0) is 47.7 Å². The first-order valence-electron chi connectivity index (χ1n) is 9.79. The van der Waals surface area contributed by atoms with Crippen molar-refractivity contribution in [2.45, 2.75) is 13.8 Å². The second-order valence-corrected chi connectivity index (χ2v) is 7.65. The molecule has 0 aliphatic heterocycles. The van der Waals surface area contributed by atoms with Crippen molar-refractivity contribution >= 4 is 45.1 Å². The lowest BCUT2D eigenvalue weighted by atomic mass is 10.0. The largest absolute Gasteiger partial charge is 0.867 e. The van der Waals surface area contributed by atoms with E-state index in [4.69, 9.17) is 12.2 Å². The fourth-order valence-corrected chi connectivity index (χ4v) is 3.73. The van der Waals surface area contributed by atoms with E-state index >= 15 is 0 Å². The third-order valence-electron chi connectivity index (χ3n) is 5.21. The van der Waals surface area contributed by atoms with Crippen LogP contribution in [0.4, 0.5) is 5.69 Å². The average molecular weight is 411 g/mol. The first-order chi connectivity index (χ1) is 14.5. The molecule has 1 aromatic heterocycles. The van der Waals surface area contributed by atoms with Crippen LogP contribution < -0.4 is 15.0 Å². The third-order valence-corrected chi connectivity index (χ3v) is 5.51. The highest BCUT2D eigenvalue weighted by molar-refractivity contribution is 7.81. The Morgan fingerprint density at radius 3 is 2.33 bits per heavy atom. The van der Waals surface area contributed by atoms with Crippen molar-refractivity contribution < 1.29 is 9.67 Å². The Labute approximate surface area is 181 Å². The van der Waals surface area contributed by atoms with Crippen molar-refractivity contribution in [3.05, 3.63) is 108 Å². The van der Waals surface area contributed by atoms with Crippen LogP contribution in [0, 0.1) is 13.8 Å². The number of nitrogens with one attached hydrogen (secondary N) is 1. The van der Waals surface area contributed by atoms with Crippen LogP contribution in [-0.4, -0.2) is 4.99 Å². The van der Waals surface area contributed by atoms with Gasteiger partial charge >= 0.3 is 0 Å². The zero-order chi connectivity index (χ0) is 21.1. The molecule has 4 heteroatoms. The highest BCUT2D eigenvalue weighted by Gasteiger charge is 2.19. The molecule has 1 heterocycles. The van der Waals surface area contributed by atoms with Crippen molar-refractivity contribution in [3.8, 4) is 0 Å². The molecule has 3 aromatic carbocycles. The van der Waals surface area contributed by atoms with Crippen molar-refractivity contribution in [1.29, 1.82) is 0 Å². The van der Waals surface area contributed by atoms with Crippen molar-refractivity contribution in [1.82, 2.24) is 0 Å². The van der Waals surface area contributed by atoms with Crippen LogP contribution in [0.1, 0.15) is 16.7 Å². The molecule has 0 amide bonds. The molecule has 0 saturated carbocycles. The standard InChI is InChI=1S/C26H22N2OS/c1-18-13-14-21(17-19(18)2)25(29)24(28-15-6-3-7-16-28)26(30)27-23-12-8-10-20-9-4-5-11-22(20)23/h3-17H,1-2H3,(H-,27,29,30). The molecule has 0 atom stereocenters. The molecule has 30 heavy (non-hydrogen) atoms. The van der Waals surface area contributed by atoms with Gasteiger partial charge in [0.05, 0.1) is 0 Å². The van der Waals surface area contributed by atoms with Crippen molar-refractivity contribution in [3.63, 3.8) is 0 Å². The molecule has 0 spiro atoms. The first kappa shape index (κ1) is 19.8. The molecule has 0 radical (unpaired) electrons. The van der Waals surface area contributed by atoms with Gasteiger partial charge in [-0.15, -0.1) is 0 Å². The zero-order valence-corrected chi connectivity index (χ0v) is 17.7. The smallest absolute Gasteiger partial charge is 0.238 e. The summed E-state index contributed by atoms with van der Waals surface area (Å²) < 4.78 is 1.78. The van der Waals surface area contributed by atoms with Gasteiger partial charge in [-0.2, -0.15) is 4.57 Å². The molecular weight excluding hydrogens is 388 g/mol. The Bertz CT molecular complexity index is 1260. The van der Waals surface area contributed by atoms with E-state index in [1.165, 1.54) is 0 Å². The number of aryl methyl sites for hydroxylation is 2. The Morgan fingerprint density at radius 2 is 1.57 bits per heavy atom. The number of pyridine rings is 1. The maximum Gasteiger partial charge on any atom is 0.238 e. The van der Waals surface area contributed by atoms with Crippen LogP contribution in [-0.2, 0) is 0 Å². The Hall–Kier alpha value is -3.50. The van der Waals surface area contributed by atoms with Gasteiger partial charge in [0, 0.05) is 23.2 Å². The number of hydrogen-bond donors (Lipinski definition) is 1. The summed E-state index contributed by atoms with van der Waals surface area (Å²) in [6.45, 7) is 4.04. The Kier molecular flexibility index (Phi) is 5.59. The van der Waals surface area contributed by atoms with Gasteiger partial charge in [-0.3, -0.25) is 0 Å². The molecule has 4 aromatic rings. The summed E-state index contributed by atoms with van der Waals surface area (Å²) in [6, 6.07) is 25.5. The van der Waals surface area contributed by atoms with Crippen LogP contribution in [0.25, 0.3) is 22.2 Å². The average Bonchev–Trinajstić information content (AvgIpc) is 2.77. The van der Waals surface area contributed by atoms with Crippen molar-refractivity contribution in [2.24, 2.45) is 0 Å². The minimum Gasteiger partial charge on any atom is -0.867 e. The number of aromatic nitrogens is 1. The molecule has 4 rings (SSSR count). The second-order valence-electron chi connectivity index (χ2n) is 7.24. The molecule has 3 nitrogen and oxygen atoms in total. The SMILES string of the molecule is Cc1ccc(/C([O-])=C(/C(=S)Nc2cccc3ccccc23)[n+]2ccccc2)cc1C. The summed E-state index contributed by atoms with van der Waals surface area (Å²) in [7, 11) is 0. The monoisotopic (exact) mass is 410 g/mol. The summed E-state index contributed by atoms with van der Waals surface area (Å²) in [5.41, 5.74) is 4.14. The van der Waals surface area contributed by atoms with E-state index in [2.05, 4.69) is 17.4 Å². The fourth-order valence-electron chi connectivity index (χ4n) is 3.42. The highest BCUT2D eigenvalue weighted by atomic mass is 32.1. The lowest BCUT2D eigenvalue weighted by Gasteiger charge is -2.18. The number of anilines is 1. The van der Waals surface area contributed by atoms with Gasteiger partial charge in [0.1, 0.15) is 0 Å². The zero-order valence-electron chi connectivity index (χ0n) is 16.9. The van der Waals surface area contributed by atoms with Crippen LogP contribution in [0.5, 0.6) is 0 Å². The molecule has 0 unspecified atom stereocenters. The Balaban J connectivity index is 1.82. The topological polar surface area (TPSA) is 39.0 Å². The molecule has 1 N–H and O–H groups in total. The van der Waals surface area contributed by atoms with Gasteiger partial charge in [0.25, 0.3) is 0 Å². The fraction of sp³-hybridized carbons (Fsp3) is 0.0769. The molecular formula is C26H22N2OS. The molecule has 0 fully saturated rings. The van der Waals surface area contributed by atoms with Crippen LogP contribution in [0.15, 0.2) is 91.3 Å². The quantitative estimate of drug-likeness (QED) is 0.226. The number of fused-ring (bicyclic) bond motifs is 1. The van der Waals surface area contributed by atoms with Crippen LogP contribution in [0.3, 0.4) is 0 Å². The summed E-state index contributed by atoms with van der Waals surface area (Å²) in [5.74, 6) is -0.118. The second kappa shape index (κ2) is 8.47.